The third-order valence-electron chi connectivity index (χ3n) is 5.73. The lowest BCUT2D eigenvalue weighted by Crippen LogP contribution is -2.31. The van der Waals surface area contributed by atoms with E-state index >= 15 is 0 Å². The predicted octanol–water partition coefficient (Wildman–Crippen LogP) is 4.54. The Kier molecular flexibility index (Phi) is 6.98. The van der Waals surface area contributed by atoms with E-state index < -0.39 is 0 Å². The molecule has 3 nitrogen and oxygen atoms in total. The minimum Gasteiger partial charge on any atom is -0.496 e. The van der Waals surface area contributed by atoms with Gasteiger partial charge in [-0.05, 0) is 43.4 Å². The molecule has 1 aromatic rings. The van der Waals surface area contributed by atoms with Gasteiger partial charge < -0.3 is 15.4 Å². The predicted molar refractivity (Wildman–Crippen MR) is 100 cm³/mol. The first kappa shape index (κ1) is 17.8. The lowest BCUT2D eigenvalue weighted by atomic mass is 9.95. The molecule has 0 bridgehead atoms. The summed E-state index contributed by atoms with van der Waals surface area (Å²) in [5.41, 5.74) is 2.67. The molecular formula is C21H34N2O. The topological polar surface area (TPSA) is 33.3 Å². The van der Waals surface area contributed by atoms with Crippen molar-refractivity contribution in [3.05, 3.63) is 29.3 Å². The molecule has 1 aromatic carbocycles. The van der Waals surface area contributed by atoms with Crippen LogP contribution >= 0.6 is 0 Å². The van der Waals surface area contributed by atoms with E-state index in [1.54, 1.807) is 7.11 Å². The second-order valence-electron chi connectivity index (χ2n) is 7.58. The number of methoxy groups -OCH3 is 1. The van der Waals surface area contributed by atoms with Gasteiger partial charge in [0.25, 0.3) is 0 Å². The van der Waals surface area contributed by atoms with Crippen molar-refractivity contribution in [3.63, 3.8) is 0 Å². The molecule has 0 amide bonds. The highest BCUT2D eigenvalue weighted by Crippen LogP contribution is 2.23. The molecule has 2 saturated carbocycles. The van der Waals surface area contributed by atoms with E-state index in [4.69, 9.17) is 4.74 Å². The van der Waals surface area contributed by atoms with Gasteiger partial charge in [-0.3, -0.25) is 0 Å². The van der Waals surface area contributed by atoms with Gasteiger partial charge in [-0.15, -0.1) is 0 Å². The highest BCUT2D eigenvalue weighted by molar-refractivity contribution is 5.37. The number of benzene rings is 1. The molecule has 0 aliphatic heterocycles. The van der Waals surface area contributed by atoms with Crippen LogP contribution in [0, 0.1) is 0 Å². The van der Waals surface area contributed by atoms with Crippen LogP contribution < -0.4 is 15.4 Å². The van der Waals surface area contributed by atoms with Crippen LogP contribution in [0.15, 0.2) is 18.2 Å². The molecule has 0 spiro atoms. The van der Waals surface area contributed by atoms with Crippen LogP contribution in [-0.2, 0) is 13.1 Å². The van der Waals surface area contributed by atoms with Crippen LogP contribution in [-0.4, -0.2) is 19.2 Å². The normalized spacial score (nSPS) is 20.2. The van der Waals surface area contributed by atoms with Crippen molar-refractivity contribution < 1.29 is 4.74 Å². The van der Waals surface area contributed by atoms with Gasteiger partial charge >= 0.3 is 0 Å². The quantitative estimate of drug-likeness (QED) is 0.770. The molecule has 134 valence electrons. The molecule has 0 unspecified atom stereocenters. The average Bonchev–Trinajstić information content (AvgIpc) is 2.66. The summed E-state index contributed by atoms with van der Waals surface area (Å²) in [5.74, 6) is 1.01. The third-order valence-corrected chi connectivity index (χ3v) is 5.73. The highest BCUT2D eigenvalue weighted by Gasteiger charge is 2.15. The highest BCUT2D eigenvalue weighted by atomic mass is 16.5. The minimum absolute atomic E-state index is 0.687. The molecule has 2 aliphatic rings. The summed E-state index contributed by atoms with van der Waals surface area (Å²) in [6, 6.07) is 8.07. The molecular weight excluding hydrogens is 296 g/mol. The summed E-state index contributed by atoms with van der Waals surface area (Å²) in [6.45, 7) is 1.90. The number of rotatable bonds is 7. The fourth-order valence-corrected chi connectivity index (χ4v) is 4.21. The molecule has 3 heteroatoms. The van der Waals surface area contributed by atoms with Crippen molar-refractivity contribution in [2.24, 2.45) is 0 Å². The molecule has 2 N–H and O–H groups in total. The van der Waals surface area contributed by atoms with E-state index in [-0.39, 0.29) is 0 Å². The Morgan fingerprint density at radius 1 is 0.833 bits per heavy atom. The maximum Gasteiger partial charge on any atom is 0.123 e. The van der Waals surface area contributed by atoms with Gasteiger partial charge in [0, 0.05) is 30.7 Å². The number of hydrogen-bond acceptors (Lipinski definition) is 3. The lowest BCUT2D eigenvalue weighted by Gasteiger charge is -2.24. The second-order valence-corrected chi connectivity index (χ2v) is 7.58. The average molecular weight is 331 g/mol. The van der Waals surface area contributed by atoms with Gasteiger partial charge in [0.05, 0.1) is 7.11 Å². The van der Waals surface area contributed by atoms with Crippen molar-refractivity contribution in [1.29, 1.82) is 0 Å². The molecule has 2 aliphatic carbocycles. The lowest BCUT2D eigenvalue weighted by molar-refractivity contribution is 0.364. The largest absolute Gasteiger partial charge is 0.496 e. The molecule has 0 saturated heterocycles. The molecule has 0 radical (unpaired) electrons. The van der Waals surface area contributed by atoms with Crippen LogP contribution in [0.5, 0.6) is 5.75 Å². The van der Waals surface area contributed by atoms with Crippen molar-refractivity contribution in [2.75, 3.05) is 7.11 Å². The van der Waals surface area contributed by atoms with Crippen molar-refractivity contribution in [3.8, 4) is 5.75 Å². The third kappa shape index (κ3) is 5.22. The van der Waals surface area contributed by atoms with Crippen LogP contribution in [0.25, 0.3) is 0 Å². The van der Waals surface area contributed by atoms with Gasteiger partial charge in [0.2, 0.25) is 0 Å². The first-order valence-electron chi connectivity index (χ1n) is 9.97. The molecule has 2 fully saturated rings. The van der Waals surface area contributed by atoms with Crippen molar-refractivity contribution in [2.45, 2.75) is 89.4 Å². The van der Waals surface area contributed by atoms with Crippen LogP contribution in [0.3, 0.4) is 0 Å². The Bertz CT molecular complexity index is 491. The number of nitrogens with one attached hydrogen (secondary N) is 2. The zero-order chi connectivity index (χ0) is 16.6. The summed E-state index contributed by atoms with van der Waals surface area (Å²) in [6.07, 6.45) is 13.7. The second kappa shape index (κ2) is 9.43. The summed E-state index contributed by atoms with van der Waals surface area (Å²) in [5, 5.41) is 7.49. The first-order chi connectivity index (χ1) is 11.8. The zero-order valence-corrected chi connectivity index (χ0v) is 15.3. The fraction of sp³-hybridized carbons (Fsp3) is 0.714. The van der Waals surface area contributed by atoms with Gasteiger partial charge in [0.15, 0.2) is 0 Å². The summed E-state index contributed by atoms with van der Waals surface area (Å²) in [7, 11) is 1.78. The van der Waals surface area contributed by atoms with Crippen molar-refractivity contribution in [1.82, 2.24) is 10.6 Å². The smallest absolute Gasteiger partial charge is 0.123 e. The summed E-state index contributed by atoms with van der Waals surface area (Å²) in [4.78, 5) is 0. The van der Waals surface area contributed by atoms with Crippen LogP contribution in [0.2, 0.25) is 0 Å². The maximum absolute atomic E-state index is 5.57. The summed E-state index contributed by atoms with van der Waals surface area (Å²) >= 11 is 0. The molecule has 24 heavy (non-hydrogen) atoms. The Morgan fingerprint density at radius 2 is 1.42 bits per heavy atom. The molecule has 0 aromatic heterocycles. The fourth-order valence-electron chi connectivity index (χ4n) is 4.21. The van der Waals surface area contributed by atoms with E-state index in [1.165, 1.54) is 75.3 Å². The van der Waals surface area contributed by atoms with E-state index in [0.717, 1.165) is 18.8 Å². The maximum atomic E-state index is 5.57. The van der Waals surface area contributed by atoms with Crippen LogP contribution in [0.1, 0.15) is 75.3 Å². The Morgan fingerprint density at radius 3 is 2.00 bits per heavy atom. The Labute approximate surface area is 147 Å². The van der Waals surface area contributed by atoms with E-state index in [9.17, 15) is 0 Å². The zero-order valence-electron chi connectivity index (χ0n) is 15.3. The van der Waals surface area contributed by atoms with Gasteiger partial charge in [-0.1, -0.05) is 44.6 Å². The van der Waals surface area contributed by atoms with Crippen molar-refractivity contribution >= 4 is 0 Å². The monoisotopic (exact) mass is 330 g/mol. The van der Waals surface area contributed by atoms with Gasteiger partial charge in [-0.25, -0.2) is 0 Å². The Balaban J connectivity index is 1.55. The van der Waals surface area contributed by atoms with Gasteiger partial charge in [0.1, 0.15) is 5.75 Å². The Hall–Kier alpha value is -1.06. The first-order valence-corrected chi connectivity index (χ1v) is 9.97. The van der Waals surface area contributed by atoms with E-state index in [2.05, 4.69) is 28.8 Å². The SMILES string of the molecule is COc1ccc(CNC2CCCCC2)cc1CNC1CCCCC1. The molecule has 3 rings (SSSR count). The standard InChI is InChI=1S/C21H34N2O/c1-24-21-13-12-17(15-22-19-8-4-2-5-9-19)14-18(21)16-23-20-10-6-3-7-11-20/h12-14,19-20,22-23H,2-11,15-16H2,1H3. The number of ether oxygens (including phenoxy) is 1. The van der Waals surface area contributed by atoms with Gasteiger partial charge in [-0.2, -0.15) is 0 Å². The van der Waals surface area contributed by atoms with E-state index in [0.29, 0.717) is 12.1 Å². The summed E-state index contributed by atoms with van der Waals surface area (Å²) < 4.78 is 5.57. The van der Waals surface area contributed by atoms with E-state index in [1.807, 2.05) is 0 Å². The molecule has 0 atom stereocenters. The van der Waals surface area contributed by atoms with Crippen LogP contribution in [0.4, 0.5) is 0 Å². The minimum atomic E-state index is 0.687. The molecule has 0 heterocycles. The number of hydrogen-bond donors (Lipinski definition) is 2.